The molecule has 0 aromatic heterocycles. The number of hydrogen-bond donors (Lipinski definition) is 3. The van der Waals surface area contributed by atoms with Crippen LogP contribution < -0.4 is 10.6 Å². The molecule has 0 spiro atoms. The Morgan fingerprint density at radius 3 is 2.71 bits per heavy atom. The van der Waals surface area contributed by atoms with Crippen LogP contribution in [0.15, 0.2) is 18.2 Å². The number of aromatic carboxylic acids is 1. The number of carbonyl (C=O) groups excluding carboxylic acids is 1. The highest BCUT2D eigenvalue weighted by molar-refractivity contribution is 6.34. The van der Waals surface area contributed by atoms with Gasteiger partial charge in [-0.2, -0.15) is 0 Å². The number of benzene rings is 1. The van der Waals surface area contributed by atoms with Gasteiger partial charge < -0.3 is 20.5 Å². The van der Waals surface area contributed by atoms with E-state index < -0.39 is 25.0 Å². The molecule has 0 saturated carbocycles. The standard InChI is InChI=1S/C12H13ClF2N2O4/c13-7-2-1-3-8(10(7)11(18)19)17-12(20)16-4-5-21-6-9(14)15/h1-3,9H,4-6H2,(H,18,19)(H2,16,17,20). The molecule has 0 aliphatic rings. The van der Waals surface area contributed by atoms with Crippen LogP contribution in [-0.2, 0) is 4.74 Å². The number of carboxylic acid groups (broad SMARTS) is 1. The maximum Gasteiger partial charge on any atom is 0.339 e. The van der Waals surface area contributed by atoms with Crippen LogP contribution >= 0.6 is 11.6 Å². The van der Waals surface area contributed by atoms with Gasteiger partial charge in [-0.15, -0.1) is 0 Å². The number of amides is 2. The second kappa shape index (κ2) is 8.38. The Kier molecular flexibility index (Phi) is 6.83. The van der Waals surface area contributed by atoms with Crippen molar-refractivity contribution in [2.75, 3.05) is 25.1 Å². The molecule has 116 valence electrons. The zero-order chi connectivity index (χ0) is 15.8. The fourth-order valence-electron chi connectivity index (χ4n) is 1.42. The number of rotatable bonds is 7. The van der Waals surface area contributed by atoms with Crippen molar-refractivity contribution in [1.82, 2.24) is 5.32 Å². The molecule has 21 heavy (non-hydrogen) atoms. The third-order valence-corrected chi connectivity index (χ3v) is 2.57. The van der Waals surface area contributed by atoms with Gasteiger partial charge in [-0.3, -0.25) is 0 Å². The van der Waals surface area contributed by atoms with Crippen molar-refractivity contribution in [2.24, 2.45) is 0 Å². The molecule has 0 atom stereocenters. The summed E-state index contributed by atoms with van der Waals surface area (Å²) < 4.78 is 28.1. The third kappa shape index (κ3) is 5.92. The summed E-state index contributed by atoms with van der Waals surface area (Å²) in [5.74, 6) is -1.28. The first kappa shape index (κ1) is 17.1. The molecule has 0 saturated heterocycles. The number of carbonyl (C=O) groups is 2. The molecule has 1 aromatic carbocycles. The second-order valence-corrected chi connectivity index (χ2v) is 4.22. The van der Waals surface area contributed by atoms with Gasteiger partial charge in [-0.1, -0.05) is 17.7 Å². The summed E-state index contributed by atoms with van der Waals surface area (Å²) in [6.07, 6.45) is -2.57. The van der Waals surface area contributed by atoms with Crippen LogP contribution in [0.3, 0.4) is 0 Å². The molecule has 0 unspecified atom stereocenters. The number of anilines is 1. The normalized spacial score (nSPS) is 10.5. The monoisotopic (exact) mass is 322 g/mol. The minimum atomic E-state index is -2.57. The molecule has 1 rings (SSSR count). The zero-order valence-electron chi connectivity index (χ0n) is 10.7. The van der Waals surface area contributed by atoms with Crippen LogP contribution in [0.4, 0.5) is 19.3 Å². The molecule has 0 aliphatic heterocycles. The Morgan fingerprint density at radius 2 is 2.10 bits per heavy atom. The summed E-state index contributed by atoms with van der Waals surface area (Å²) in [6, 6.07) is 3.55. The molecule has 0 radical (unpaired) electrons. The summed E-state index contributed by atoms with van der Waals surface area (Å²) in [4.78, 5) is 22.6. The van der Waals surface area contributed by atoms with E-state index in [1.165, 1.54) is 18.2 Å². The predicted molar refractivity (Wildman–Crippen MR) is 72.3 cm³/mol. The van der Waals surface area contributed by atoms with Crippen LogP contribution in [0.25, 0.3) is 0 Å². The zero-order valence-corrected chi connectivity index (χ0v) is 11.5. The van der Waals surface area contributed by atoms with Crippen molar-refractivity contribution in [3.63, 3.8) is 0 Å². The first-order valence-corrected chi connectivity index (χ1v) is 6.22. The summed E-state index contributed by atoms with van der Waals surface area (Å²) in [5.41, 5.74) is -0.204. The van der Waals surface area contributed by atoms with E-state index in [1.54, 1.807) is 0 Å². The van der Waals surface area contributed by atoms with Gasteiger partial charge >= 0.3 is 12.0 Å². The number of alkyl halides is 2. The average Bonchev–Trinajstić information content (AvgIpc) is 2.37. The number of hydrogen-bond acceptors (Lipinski definition) is 3. The Balaban J connectivity index is 2.48. The highest BCUT2D eigenvalue weighted by Gasteiger charge is 2.15. The molecular weight excluding hydrogens is 310 g/mol. The molecule has 1 aromatic rings. The summed E-state index contributed by atoms with van der Waals surface area (Å²) in [7, 11) is 0. The number of nitrogens with one attached hydrogen (secondary N) is 2. The van der Waals surface area contributed by atoms with Gasteiger partial charge in [0.15, 0.2) is 0 Å². The molecule has 9 heteroatoms. The van der Waals surface area contributed by atoms with E-state index in [9.17, 15) is 18.4 Å². The molecule has 0 fully saturated rings. The molecular formula is C12H13ClF2N2O4. The van der Waals surface area contributed by atoms with E-state index in [0.29, 0.717) is 0 Å². The highest BCUT2D eigenvalue weighted by atomic mass is 35.5. The molecule has 6 nitrogen and oxygen atoms in total. The average molecular weight is 323 g/mol. The maximum absolute atomic E-state index is 11.8. The summed E-state index contributed by atoms with van der Waals surface area (Å²) >= 11 is 5.74. The van der Waals surface area contributed by atoms with E-state index in [2.05, 4.69) is 15.4 Å². The Labute approximate surface area is 124 Å². The maximum atomic E-state index is 11.8. The number of carboxylic acids is 1. The van der Waals surface area contributed by atoms with Gasteiger partial charge in [0.1, 0.15) is 12.2 Å². The van der Waals surface area contributed by atoms with Crippen LogP contribution in [-0.4, -0.2) is 43.3 Å². The van der Waals surface area contributed by atoms with Gasteiger partial charge in [0, 0.05) is 6.54 Å². The van der Waals surface area contributed by atoms with Crippen LogP contribution in [0.1, 0.15) is 10.4 Å². The van der Waals surface area contributed by atoms with Crippen molar-refractivity contribution in [3.05, 3.63) is 28.8 Å². The van der Waals surface area contributed by atoms with Crippen molar-refractivity contribution in [2.45, 2.75) is 6.43 Å². The largest absolute Gasteiger partial charge is 0.478 e. The van der Waals surface area contributed by atoms with Gasteiger partial charge in [-0.05, 0) is 12.1 Å². The first-order valence-electron chi connectivity index (χ1n) is 5.84. The fourth-order valence-corrected chi connectivity index (χ4v) is 1.68. The van der Waals surface area contributed by atoms with E-state index in [4.69, 9.17) is 16.7 Å². The second-order valence-electron chi connectivity index (χ2n) is 3.81. The fraction of sp³-hybridized carbons (Fsp3) is 0.333. The van der Waals surface area contributed by atoms with Crippen molar-refractivity contribution in [1.29, 1.82) is 0 Å². The lowest BCUT2D eigenvalue weighted by molar-refractivity contribution is 0.0194. The van der Waals surface area contributed by atoms with Crippen molar-refractivity contribution < 1.29 is 28.2 Å². The lowest BCUT2D eigenvalue weighted by Gasteiger charge is -2.11. The minimum Gasteiger partial charge on any atom is -0.478 e. The Hall–Kier alpha value is -1.93. The van der Waals surface area contributed by atoms with Gasteiger partial charge in [0.05, 0.1) is 17.3 Å². The molecule has 2 amide bonds. The Bertz CT molecular complexity index is 514. The molecule has 0 heterocycles. The molecule has 0 bridgehead atoms. The lowest BCUT2D eigenvalue weighted by atomic mass is 10.2. The molecule has 0 aliphatic carbocycles. The van der Waals surface area contributed by atoms with Crippen LogP contribution in [0.2, 0.25) is 5.02 Å². The highest BCUT2D eigenvalue weighted by Crippen LogP contribution is 2.24. The summed E-state index contributed by atoms with van der Waals surface area (Å²) in [6.45, 7) is -0.790. The third-order valence-electron chi connectivity index (χ3n) is 2.25. The van der Waals surface area contributed by atoms with E-state index >= 15 is 0 Å². The first-order chi connectivity index (χ1) is 9.91. The van der Waals surface area contributed by atoms with E-state index in [-0.39, 0.29) is 29.4 Å². The predicted octanol–water partition coefficient (Wildman–Crippen LogP) is 2.44. The van der Waals surface area contributed by atoms with E-state index in [1.807, 2.05) is 0 Å². The van der Waals surface area contributed by atoms with E-state index in [0.717, 1.165) is 0 Å². The van der Waals surface area contributed by atoms with Crippen molar-refractivity contribution >= 4 is 29.3 Å². The minimum absolute atomic E-state index is 0.00151. The van der Waals surface area contributed by atoms with Gasteiger partial charge in [-0.25, -0.2) is 18.4 Å². The Morgan fingerprint density at radius 1 is 1.38 bits per heavy atom. The van der Waals surface area contributed by atoms with Gasteiger partial charge in [0.25, 0.3) is 6.43 Å². The number of urea groups is 1. The quantitative estimate of drug-likeness (QED) is 0.673. The summed E-state index contributed by atoms with van der Waals surface area (Å²) in [5, 5.41) is 13.6. The van der Waals surface area contributed by atoms with Crippen molar-refractivity contribution in [3.8, 4) is 0 Å². The number of halogens is 3. The SMILES string of the molecule is O=C(NCCOCC(F)F)Nc1cccc(Cl)c1C(=O)O. The topological polar surface area (TPSA) is 87.7 Å². The van der Waals surface area contributed by atoms with Gasteiger partial charge in [0.2, 0.25) is 0 Å². The number of ether oxygens (including phenoxy) is 1. The smallest absolute Gasteiger partial charge is 0.339 e. The van der Waals surface area contributed by atoms with Crippen LogP contribution in [0.5, 0.6) is 0 Å². The van der Waals surface area contributed by atoms with Crippen LogP contribution in [0, 0.1) is 0 Å². The lowest BCUT2D eigenvalue weighted by Crippen LogP contribution is -2.32. The molecule has 3 N–H and O–H groups in total.